The van der Waals surface area contributed by atoms with Crippen LogP contribution in [0.15, 0.2) is 18.2 Å². The van der Waals surface area contributed by atoms with Crippen LogP contribution < -0.4 is 5.73 Å². The van der Waals surface area contributed by atoms with E-state index < -0.39 is 5.97 Å². The molecule has 0 bridgehead atoms. The molecule has 3 nitrogen and oxygen atoms in total. The third kappa shape index (κ3) is 4.10. The van der Waals surface area contributed by atoms with Gasteiger partial charge in [0.2, 0.25) is 0 Å². The number of aliphatic carboxylic acids is 1. The van der Waals surface area contributed by atoms with Crippen LogP contribution in [-0.4, -0.2) is 11.1 Å². The number of anilines is 1. The predicted molar refractivity (Wildman–Crippen MR) is 69.9 cm³/mol. The first kappa shape index (κ1) is 13.6. The van der Waals surface area contributed by atoms with Crippen LogP contribution in [0.4, 0.5) is 5.69 Å². The SMILES string of the molecule is Cc1ccc(C[C@H](C)CC(C)C(=O)O)cc1N. The van der Waals surface area contributed by atoms with Crippen molar-refractivity contribution in [2.75, 3.05) is 5.73 Å². The van der Waals surface area contributed by atoms with E-state index in [-0.39, 0.29) is 5.92 Å². The Bertz CT molecular complexity index is 401. The Hall–Kier alpha value is -1.51. The molecular formula is C14H21NO2. The second-order valence-corrected chi connectivity index (χ2v) is 4.98. The molecular weight excluding hydrogens is 214 g/mol. The van der Waals surface area contributed by atoms with E-state index in [2.05, 4.69) is 13.0 Å². The minimum Gasteiger partial charge on any atom is -0.481 e. The molecule has 17 heavy (non-hydrogen) atoms. The molecule has 3 N–H and O–H groups in total. The molecule has 1 unspecified atom stereocenters. The molecule has 0 heterocycles. The van der Waals surface area contributed by atoms with Crippen molar-refractivity contribution in [1.82, 2.24) is 0 Å². The molecule has 0 aliphatic carbocycles. The molecule has 1 aromatic carbocycles. The monoisotopic (exact) mass is 235 g/mol. The van der Waals surface area contributed by atoms with Gasteiger partial charge in [-0.05, 0) is 42.9 Å². The normalized spacial score (nSPS) is 14.3. The average molecular weight is 235 g/mol. The largest absolute Gasteiger partial charge is 0.481 e. The summed E-state index contributed by atoms with van der Waals surface area (Å²) in [6.45, 7) is 5.81. The van der Waals surface area contributed by atoms with Gasteiger partial charge in [0.25, 0.3) is 0 Å². The average Bonchev–Trinajstić information content (AvgIpc) is 2.23. The summed E-state index contributed by atoms with van der Waals surface area (Å²) < 4.78 is 0. The summed E-state index contributed by atoms with van der Waals surface area (Å²) in [5.41, 5.74) is 8.92. The van der Waals surface area contributed by atoms with Crippen LogP contribution in [0.25, 0.3) is 0 Å². The fourth-order valence-corrected chi connectivity index (χ4v) is 2.01. The van der Waals surface area contributed by atoms with Crippen molar-refractivity contribution in [2.45, 2.75) is 33.6 Å². The summed E-state index contributed by atoms with van der Waals surface area (Å²) in [6, 6.07) is 6.06. The van der Waals surface area contributed by atoms with Gasteiger partial charge in [-0.25, -0.2) is 0 Å². The highest BCUT2D eigenvalue weighted by molar-refractivity contribution is 5.69. The molecule has 0 spiro atoms. The highest BCUT2D eigenvalue weighted by Gasteiger charge is 2.15. The number of carboxylic acids is 1. The molecule has 0 radical (unpaired) electrons. The molecule has 0 fully saturated rings. The quantitative estimate of drug-likeness (QED) is 0.771. The lowest BCUT2D eigenvalue weighted by atomic mass is 9.91. The van der Waals surface area contributed by atoms with E-state index in [1.54, 1.807) is 6.92 Å². The Morgan fingerprint density at radius 1 is 1.41 bits per heavy atom. The number of rotatable bonds is 5. The van der Waals surface area contributed by atoms with Gasteiger partial charge in [0, 0.05) is 5.69 Å². The van der Waals surface area contributed by atoms with Crippen molar-refractivity contribution >= 4 is 11.7 Å². The third-order valence-electron chi connectivity index (χ3n) is 3.11. The minimum atomic E-state index is -0.722. The number of carboxylic acid groups (broad SMARTS) is 1. The van der Waals surface area contributed by atoms with Gasteiger partial charge in [-0.15, -0.1) is 0 Å². The molecule has 94 valence electrons. The Balaban J connectivity index is 2.58. The number of carbonyl (C=O) groups is 1. The zero-order valence-electron chi connectivity index (χ0n) is 10.7. The van der Waals surface area contributed by atoms with Gasteiger partial charge < -0.3 is 10.8 Å². The molecule has 2 atom stereocenters. The molecule has 3 heteroatoms. The van der Waals surface area contributed by atoms with Crippen LogP contribution in [0, 0.1) is 18.8 Å². The Kier molecular flexibility index (Phi) is 4.55. The number of benzene rings is 1. The van der Waals surface area contributed by atoms with E-state index in [4.69, 9.17) is 10.8 Å². The minimum absolute atomic E-state index is 0.284. The van der Waals surface area contributed by atoms with Crippen LogP contribution in [0.2, 0.25) is 0 Å². The van der Waals surface area contributed by atoms with E-state index in [9.17, 15) is 4.79 Å². The lowest BCUT2D eigenvalue weighted by molar-refractivity contribution is -0.141. The molecule has 0 amide bonds. The van der Waals surface area contributed by atoms with E-state index in [1.807, 2.05) is 19.1 Å². The van der Waals surface area contributed by atoms with Crippen LogP contribution in [0.5, 0.6) is 0 Å². The van der Waals surface area contributed by atoms with Gasteiger partial charge >= 0.3 is 5.97 Å². The van der Waals surface area contributed by atoms with Crippen LogP contribution in [0.3, 0.4) is 0 Å². The zero-order valence-corrected chi connectivity index (χ0v) is 10.7. The van der Waals surface area contributed by atoms with Crippen molar-refractivity contribution in [3.63, 3.8) is 0 Å². The molecule has 0 aliphatic rings. The first-order valence-corrected chi connectivity index (χ1v) is 5.98. The Labute approximate surface area is 103 Å². The van der Waals surface area contributed by atoms with E-state index in [1.165, 1.54) is 5.56 Å². The standard InChI is InChI=1S/C14H21NO2/c1-9(6-11(3)14(16)17)7-12-5-4-10(2)13(15)8-12/h4-5,8-9,11H,6-7,15H2,1-3H3,(H,16,17)/t9-,11?/m1/s1. The van der Waals surface area contributed by atoms with Gasteiger partial charge in [-0.1, -0.05) is 26.0 Å². The molecule has 0 saturated heterocycles. The summed E-state index contributed by atoms with van der Waals surface area (Å²) in [5, 5.41) is 8.86. The number of nitrogens with two attached hydrogens (primary N) is 1. The second-order valence-electron chi connectivity index (χ2n) is 4.98. The van der Waals surface area contributed by atoms with Crippen LogP contribution in [0.1, 0.15) is 31.4 Å². The number of hydrogen-bond acceptors (Lipinski definition) is 2. The van der Waals surface area contributed by atoms with Crippen molar-refractivity contribution < 1.29 is 9.90 Å². The Morgan fingerprint density at radius 2 is 2.06 bits per heavy atom. The van der Waals surface area contributed by atoms with Crippen LogP contribution >= 0.6 is 0 Å². The first-order chi connectivity index (χ1) is 7.90. The lowest BCUT2D eigenvalue weighted by Crippen LogP contribution is -2.14. The number of nitrogen functional groups attached to an aromatic ring is 1. The van der Waals surface area contributed by atoms with Gasteiger partial charge in [-0.3, -0.25) is 4.79 Å². The lowest BCUT2D eigenvalue weighted by Gasteiger charge is -2.14. The van der Waals surface area contributed by atoms with Gasteiger partial charge in [0.1, 0.15) is 0 Å². The summed E-state index contributed by atoms with van der Waals surface area (Å²) in [6.07, 6.45) is 1.57. The fraction of sp³-hybridized carbons (Fsp3) is 0.500. The van der Waals surface area contributed by atoms with Gasteiger partial charge in [0.05, 0.1) is 5.92 Å². The maximum atomic E-state index is 10.8. The number of aryl methyl sites for hydroxylation is 1. The highest BCUT2D eigenvalue weighted by Crippen LogP contribution is 2.20. The van der Waals surface area contributed by atoms with Crippen LogP contribution in [-0.2, 0) is 11.2 Å². The summed E-state index contributed by atoms with van der Waals surface area (Å²) in [7, 11) is 0. The Morgan fingerprint density at radius 3 is 2.59 bits per heavy atom. The second kappa shape index (κ2) is 5.71. The topological polar surface area (TPSA) is 63.3 Å². The van der Waals surface area contributed by atoms with Crippen molar-refractivity contribution in [3.05, 3.63) is 29.3 Å². The maximum absolute atomic E-state index is 10.8. The van der Waals surface area contributed by atoms with E-state index >= 15 is 0 Å². The summed E-state index contributed by atoms with van der Waals surface area (Å²) in [4.78, 5) is 10.8. The summed E-state index contributed by atoms with van der Waals surface area (Å²) >= 11 is 0. The highest BCUT2D eigenvalue weighted by atomic mass is 16.4. The van der Waals surface area contributed by atoms with Crippen molar-refractivity contribution in [2.24, 2.45) is 11.8 Å². The summed E-state index contributed by atoms with van der Waals surface area (Å²) in [5.74, 6) is -0.656. The van der Waals surface area contributed by atoms with E-state index in [0.717, 1.165) is 17.7 Å². The molecule has 1 aromatic rings. The van der Waals surface area contributed by atoms with Crippen molar-refractivity contribution in [3.8, 4) is 0 Å². The third-order valence-corrected chi connectivity index (χ3v) is 3.11. The first-order valence-electron chi connectivity index (χ1n) is 5.98. The predicted octanol–water partition coefficient (Wildman–Crippen LogP) is 2.87. The smallest absolute Gasteiger partial charge is 0.306 e. The molecule has 1 rings (SSSR count). The zero-order chi connectivity index (χ0) is 13.0. The number of hydrogen-bond donors (Lipinski definition) is 2. The molecule has 0 aromatic heterocycles. The molecule has 0 saturated carbocycles. The van der Waals surface area contributed by atoms with Gasteiger partial charge in [-0.2, -0.15) is 0 Å². The fourth-order valence-electron chi connectivity index (χ4n) is 2.01. The maximum Gasteiger partial charge on any atom is 0.306 e. The van der Waals surface area contributed by atoms with Gasteiger partial charge in [0.15, 0.2) is 0 Å². The van der Waals surface area contributed by atoms with E-state index in [0.29, 0.717) is 12.3 Å². The van der Waals surface area contributed by atoms with Crippen molar-refractivity contribution in [1.29, 1.82) is 0 Å². The molecule has 0 aliphatic heterocycles.